The molecule has 0 spiro atoms. The smallest absolute Gasteiger partial charge is 0.264 e. The minimum Gasteiger partial charge on any atom is -0.497 e. The molecule has 1 amide bonds. The Bertz CT molecular complexity index is 1310. The molecule has 3 aromatic rings. The Balaban J connectivity index is 1.59. The lowest BCUT2D eigenvalue weighted by atomic mass is 10.1. The van der Waals surface area contributed by atoms with Crippen molar-refractivity contribution in [2.75, 3.05) is 31.2 Å². The molecule has 1 atom stereocenters. The van der Waals surface area contributed by atoms with Crippen molar-refractivity contribution < 1.29 is 27.4 Å². The number of nitrogens with one attached hydrogen (secondary N) is 1. The van der Waals surface area contributed by atoms with Gasteiger partial charge in [0, 0.05) is 6.07 Å². The Morgan fingerprint density at radius 2 is 1.74 bits per heavy atom. The first-order valence-corrected chi connectivity index (χ1v) is 12.6. The van der Waals surface area contributed by atoms with E-state index in [2.05, 4.69) is 5.32 Å². The summed E-state index contributed by atoms with van der Waals surface area (Å²) >= 11 is 0. The standard InChI is InChI=1S/C26H28N2O6S/c1-18-7-10-23(11-8-18)35(30,31)28(21-5-4-6-22(16-21)32-3)17-26(29)27-19(2)20-9-12-24-25(15-20)34-14-13-33-24/h4-12,15-16,19H,13-14,17H2,1-3H3,(H,27,29). The molecule has 8 nitrogen and oxygen atoms in total. The number of carbonyl (C=O) groups excluding carboxylic acids is 1. The fraction of sp³-hybridized carbons (Fsp3) is 0.269. The van der Waals surface area contributed by atoms with Gasteiger partial charge in [0.05, 0.1) is 23.7 Å². The van der Waals surface area contributed by atoms with E-state index in [1.165, 1.54) is 19.2 Å². The number of anilines is 1. The van der Waals surface area contributed by atoms with Crippen molar-refractivity contribution in [3.8, 4) is 17.2 Å². The number of methoxy groups -OCH3 is 1. The molecule has 0 aromatic heterocycles. The lowest BCUT2D eigenvalue weighted by molar-refractivity contribution is -0.120. The third-order valence-electron chi connectivity index (χ3n) is 5.68. The maximum Gasteiger partial charge on any atom is 0.264 e. The van der Waals surface area contributed by atoms with Gasteiger partial charge >= 0.3 is 0 Å². The van der Waals surface area contributed by atoms with Gasteiger partial charge in [0.2, 0.25) is 5.91 Å². The molecular weight excluding hydrogens is 468 g/mol. The van der Waals surface area contributed by atoms with Gasteiger partial charge in [0.25, 0.3) is 10.0 Å². The van der Waals surface area contributed by atoms with E-state index in [0.29, 0.717) is 36.1 Å². The number of rotatable bonds is 8. The quantitative estimate of drug-likeness (QED) is 0.509. The van der Waals surface area contributed by atoms with Crippen LogP contribution in [0, 0.1) is 6.92 Å². The molecule has 9 heteroatoms. The number of aryl methyl sites for hydroxylation is 1. The Kier molecular flexibility index (Phi) is 7.16. The van der Waals surface area contributed by atoms with E-state index in [4.69, 9.17) is 14.2 Å². The van der Waals surface area contributed by atoms with Crippen LogP contribution in [-0.4, -0.2) is 41.2 Å². The zero-order chi connectivity index (χ0) is 25.0. The van der Waals surface area contributed by atoms with Crippen molar-refractivity contribution in [2.45, 2.75) is 24.8 Å². The monoisotopic (exact) mass is 496 g/mol. The van der Waals surface area contributed by atoms with Gasteiger partial charge < -0.3 is 19.5 Å². The molecule has 1 N–H and O–H groups in total. The Morgan fingerprint density at radius 3 is 2.46 bits per heavy atom. The minimum absolute atomic E-state index is 0.0959. The molecule has 35 heavy (non-hydrogen) atoms. The lowest BCUT2D eigenvalue weighted by Gasteiger charge is -2.26. The summed E-state index contributed by atoms with van der Waals surface area (Å²) in [6.07, 6.45) is 0. The fourth-order valence-corrected chi connectivity index (χ4v) is 5.16. The van der Waals surface area contributed by atoms with E-state index >= 15 is 0 Å². The van der Waals surface area contributed by atoms with Crippen molar-refractivity contribution in [2.24, 2.45) is 0 Å². The van der Waals surface area contributed by atoms with Crippen LogP contribution in [0.3, 0.4) is 0 Å². The number of sulfonamides is 1. The summed E-state index contributed by atoms with van der Waals surface area (Å²) < 4.78 is 44.7. The second kappa shape index (κ2) is 10.3. The summed E-state index contributed by atoms with van der Waals surface area (Å²) in [5, 5.41) is 2.89. The fourth-order valence-electron chi connectivity index (χ4n) is 3.75. The van der Waals surface area contributed by atoms with Gasteiger partial charge in [-0.2, -0.15) is 0 Å². The summed E-state index contributed by atoms with van der Waals surface area (Å²) in [6, 6.07) is 18.2. The van der Waals surface area contributed by atoms with E-state index < -0.39 is 22.5 Å². The Labute approximate surface area is 205 Å². The molecular formula is C26H28N2O6S. The van der Waals surface area contributed by atoms with Gasteiger partial charge in [-0.15, -0.1) is 0 Å². The van der Waals surface area contributed by atoms with Gasteiger partial charge in [-0.3, -0.25) is 9.10 Å². The highest BCUT2D eigenvalue weighted by atomic mass is 32.2. The van der Waals surface area contributed by atoms with E-state index in [0.717, 1.165) is 15.4 Å². The molecule has 0 bridgehead atoms. The number of hydrogen-bond acceptors (Lipinski definition) is 6. The number of benzene rings is 3. The lowest BCUT2D eigenvalue weighted by Crippen LogP contribution is -2.41. The first kappa shape index (κ1) is 24.4. The SMILES string of the molecule is COc1cccc(N(CC(=O)NC(C)c2ccc3c(c2)OCCO3)S(=O)(=O)c2ccc(C)cc2)c1. The molecule has 1 heterocycles. The summed E-state index contributed by atoms with van der Waals surface area (Å²) in [7, 11) is -2.52. The first-order chi connectivity index (χ1) is 16.8. The average Bonchev–Trinajstić information content (AvgIpc) is 2.87. The molecule has 184 valence electrons. The van der Waals surface area contributed by atoms with Crippen LogP contribution in [0.4, 0.5) is 5.69 Å². The van der Waals surface area contributed by atoms with E-state index in [9.17, 15) is 13.2 Å². The molecule has 3 aromatic carbocycles. The van der Waals surface area contributed by atoms with Crippen molar-refractivity contribution in [1.82, 2.24) is 5.32 Å². The average molecular weight is 497 g/mol. The summed E-state index contributed by atoms with van der Waals surface area (Å²) in [5.41, 5.74) is 2.08. The minimum atomic E-state index is -4.02. The second-order valence-corrected chi connectivity index (χ2v) is 10.1. The van der Waals surface area contributed by atoms with Crippen molar-refractivity contribution >= 4 is 21.6 Å². The van der Waals surface area contributed by atoms with E-state index in [1.54, 1.807) is 42.5 Å². The predicted molar refractivity (Wildman–Crippen MR) is 133 cm³/mol. The Morgan fingerprint density at radius 1 is 1.03 bits per heavy atom. The second-order valence-electron chi connectivity index (χ2n) is 8.22. The molecule has 0 aliphatic carbocycles. The third-order valence-corrected chi connectivity index (χ3v) is 7.47. The van der Waals surface area contributed by atoms with Crippen molar-refractivity contribution in [3.05, 3.63) is 77.9 Å². The van der Waals surface area contributed by atoms with E-state index in [-0.39, 0.29) is 10.9 Å². The van der Waals surface area contributed by atoms with Crippen LogP contribution in [0.15, 0.2) is 71.6 Å². The van der Waals surface area contributed by atoms with Crippen molar-refractivity contribution in [3.63, 3.8) is 0 Å². The van der Waals surface area contributed by atoms with Gasteiger partial charge in [-0.1, -0.05) is 29.8 Å². The largest absolute Gasteiger partial charge is 0.497 e. The van der Waals surface area contributed by atoms with Gasteiger partial charge in [0.1, 0.15) is 25.5 Å². The van der Waals surface area contributed by atoms with Crippen LogP contribution in [0.5, 0.6) is 17.2 Å². The maximum atomic E-state index is 13.6. The zero-order valence-electron chi connectivity index (χ0n) is 19.9. The molecule has 0 radical (unpaired) electrons. The Hall–Kier alpha value is -3.72. The summed E-state index contributed by atoms with van der Waals surface area (Å²) in [5.74, 6) is 1.31. The van der Waals surface area contributed by atoms with Gasteiger partial charge in [-0.25, -0.2) is 8.42 Å². The van der Waals surface area contributed by atoms with E-state index in [1.807, 2.05) is 26.0 Å². The van der Waals surface area contributed by atoms with Crippen LogP contribution < -0.4 is 23.8 Å². The number of hydrogen-bond donors (Lipinski definition) is 1. The number of ether oxygens (including phenoxy) is 3. The molecule has 4 rings (SSSR count). The normalized spacial score (nSPS) is 13.6. The third kappa shape index (κ3) is 5.51. The first-order valence-electron chi connectivity index (χ1n) is 11.2. The van der Waals surface area contributed by atoms with Crippen LogP contribution in [0.2, 0.25) is 0 Å². The summed E-state index contributed by atoms with van der Waals surface area (Å²) in [6.45, 7) is 4.26. The van der Waals surface area contributed by atoms with Crippen molar-refractivity contribution in [1.29, 1.82) is 0 Å². The molecule has 1 unspecified atom stereocenters. The highest BCUT2D eigenvalue weighted by Gasteiger charge is 2.28. The molecule has 0 saturated heterocycles. The summed E-state index contributed by atoms with van der Waals surface area (Å²) in [4.78, 5) is 13.2. The zero-order valence-corrected chi connectivity index (χ0v) is 20.7. The maximum absolute atomic E-state index is 13.6. The highest BCUT2D eigenvalue weighted by Crippen LogP contribution is 2.33. The number of nitrogens with zero attached hydrogens (tertiary/aromatic N) is 1. The van der Waals surface area contributed by atoms with Crippen LogP contribution >= 0.6 is 0 Å². The number of amides is 1. The van der Waals surface area contributed by atoms with Gasteiger partial charge in [0.15, 0.2) is 11.5 Å². The molecule has 0 saturated carbocycles. The molecule has 0 fully saturated rings. The van der Waals surface area contributed by atoms with Crippen LogP contribution in [-0.2, 0) is 14.8 Å². The molecule has 1 aliphatic heterocycles. The van der Waals surface area contributed by atoms with Gasteiger partial charge in [-0.05, 0) is 55.8 Å². The van der Waals surface area contributed by atoms with Crippen LogP contribution in [0.25, 0.3) is 0 Å². The highest BCUT2D eigenvalue weighted by molar-refractivity contribution is 7.92. The molecule has 1 aliphatic rings. The number of carbonyl (C=O) groups is 1. The topological polar surface area (TPSA) is 94.2 Å². The van der Waals surface area contributed by atoms with Crippen LogP contribution in [0.1, 0.15) is 24.1 Å². The predicted octanol–water partition coefficient (Wildman–Crippen LogP) is 3.85. The number of fused-ring (bicyclic) bond motifs is 1.